The Morgan fingerprint density at radius 1 is 1.19 bits per heavy atom. The van der Waals surface area contributed by atoms with E-state index in [1.807, 2.05) is 22.6 Å². The van der Waals surface area contributed by atoms with E-state index in [1.54, 1.807) is 0 Å². The van der Waals surface area contributed by atoms with Gasteiger partial charge in [0.2, 0.25) is 0 Å². The highest BCUT2D eigenvalue weighted by Crippen LogP contribution is 2.30. The van der Waals surface area contributed by atoms with Crippen LogP contribution in [0.3, 0.4) is 0 Å². The van der Waals surface area contributed by atoms with Crippen LogP contribution >= 0.6 is 22.6 Å². The number of benzene rings is 1. The van der Waals surface area contributed by atoms with Crippen molar-refractivity contribution >= 4 is 28.4 Å². The van der Waals surface area contributed by atoms with Gasteiger partial charge >= 0.3 is 0 Å². The summed E-state index contributed by atoms with van der Waals surface area (Å²) in [4.78, 5) is 0. The molecule has 0 aliphatic carbocycles. The molecular formula is C9H4F3IN2O. The quantitative estimate of drug-likeness (QED) is 0.642. The number of anilines is 1. The van der Waals surface area contributed by atoms with Crippen LogP contribution in [0.15, 0.2) is 16.7 Å². The predicted molar refractivity (Wildman–Crippen MR) is 58.9 cm³/mol. The topological polar surface area (TPSA) is 52.0 Å². The van der Waals surface area contributed by atoms with E-state index < -0.39 is 17.5 Å². The Morgan fingerprint density at radius 3 is 2.19 bits per heavy atom. The fourth-order valence-corrected chi connectivity index (χ4v) is 1.67. The molecule has 2 rings (SSSR count). The third-order valence-corrected chi connectivity index (χ3v) is 2.95. The average molecular weight is 340 g/mol. The largest absolute Gasteiger partial charge is 0.380 e. The maximum atomic E-state index is 13.0. The fourth-order valence-electron chi connectivity index (χ4n) is 1.16. The van der Waals surface area contributed by atoms with Crippen LogP contribution < -0.4 is 5.73 Å². The number of rotatable bonds is 1. The molecule has 0 saturated heterocycles. The number of nitrogens with zero attached hydrogens (tertiary/aromatic N) is 1. The molecule has 0 saturated carbocycles. The summed E-state index contributed by atoms with van der Waals surface area (Å²) in [6.07, 6.45) is 0. The molecule has 0 amide bonds. The summed E-state index contributed by atoms with van der Waals surface area (Å²) in [5.74, 6) is -3.88. The van der Waals surface area contributed by atoms with Gasteiger partial charge in [0.05, 0.1) is 0 Å². The van der Waals surface area contributed by atoms with Gasteiger partial charge in [-0.15, -0.1) is 0 Å². The molecule has 1 aromatic heterocycles. The number of nitrogens with two attached hydrogens (primary N) is 1. The van der Waals surface area contributed by atoms with Gasteiger partial charge in [0.15, 0.2) is 29.0 Å². The van der Waals surface area contributed by atoms with Crippen LogP contribution in [0.4, 0.5) is 19.0 Å². The Hall–Kier alpha value is -1.25. The first-order chi connectivity index (χ1) is 7.50. The second kappa shape index (κ2) is 3.96. The molecule has 2 aromatic rings. The minimum atomic E-state index is -1.52. The first kappa shape index (κ1) is 11.2. The predicted octanol–water partition coefficient (Wildman–Crippen LogP) is 2.95. The molecule has 0 aliphatic rings. The first-order valence-corrected chi connectivity index (χ1v) is 5.14. The summed E-state index contributed by atoms with van der Waals surface area (Å²) in [6, 6.07) is 1.64. The molecular weight excluding hydrogens is 336 g/mol. The molecule has 3 nitrogen and oxygen atoms in total. The van der Waals surface area contributed by atoms with E-state index in [2.05, 4.69) is 5.16 Å². The van der Waals surface area contributed by atoms with Crippen LogP contribution in [-0.2, 0) is 0 Å². The average Bonchev–Trinajstić information content (AvgIpc) is 2.56. The number of halogens is 4. The van der Waals surface area contributed by atoms with Gasteiger partial charge < -0.3 is 10.3 Å². The molecule has 0 fully saturated rings. The Balaban J connectivity index is 2.61. The summed E-state index contributed by atoms with van der Waals surface area (Å²) < 4.78 is 43.8. The third kappa shape index (κ3) is 1.75. The maximum absolute atomic E-state index is 13.0. The van der Waals surface area contributed by atoms with Crippen LogP contribution in [-0.4, -0.2) is 5.16 Å². The van der Waals surface area contributed by atoms with Crippen LogP contribution in [0, 0.1) is 21.0 Å². The molecule has 0 aliphatic heterocycles. The van der Waals surface area contributed by atoms with Crippen molar-refractivity contribution in [2.75, 3.05) is 5.73 Å². The molecule has 0 radical (unpaired) electrons. The van der Waals surface area contributed by atoms with E-state index >= 15 is 0 Å². The summed E-state index contributed by atoms with van der Waals surface area (Å²) in [5.41, 5.74) is 5.46. The SMILES string of the molecule is Nc1noc(-c2cc(F)c(F)c(F)c2)c1I. The Morgan fingerprint density at radius 2 is 1.75 bits per heavy atom. The molecule has 1 heterocycles. The van der Waals surface area contributed by atoms with E-state index in [0.717, 1.165) is 12.1 Å². The van der Waals surface area contributed by atoms with Crippen molar-refractivity contribution in [2.45, 2.75) is 0 Å². The van der Waals surface area contributed by atoms with Gasteiger partial charge in [0, 0.05) is 5.56 Å². The smallest absolute Gasteiger partial charge is 0.194 e. The summed E-state index contributed by atoms with van der Waals surface area (Å²) in [6.45, 7) is 0. The van der Waals surface area contributed by atoms with Gasteiger partial charge in [-0.2, -0.15) is 0 Å². The molecule has 16 heavy (non-hydrogen) atoms. The monoisotopic (exact) mass is 340 g/mol. The zero-order valence-corrected chi connectivity index (χ0v) is 9.76. The van der Waals surface area contributed by atoms with Gasteiger partial charge in [-0.05, 0) is 34.7 Å². The number of aromatic nitrogens is 1. The van der Waals surface area contributed by atoms with Crippen molar-refractivity contribution in [1.82, 2.24) is 5.16 Å². The third-order valence-electron chi connectivity index (χ3n) is 1.91. The molecule has 0 bridgehead atoms. The molecule has 84 valence electrons. The van der Waals surface area contributed by atoms with Crippen molar-refractivity contribution in [3.8, 4) is 11.3 Å². The molecule has 0 atom stereocenters. The lowest BCUT2D eigenvalue weighted by Crippen LogP contribution is -1.92. The summed E-state index contributed by atoms with van der Waals surface area (Å²) in [7, 11) is 0. The van der Waals surface area contributed by atoms with Crippen LogP contribution in [0.25, 0.3) is 11.3 Å². The van der Waals surface area contributed by atoms with Crippen molar-refractivity contribution in [3.05, 3.63) is 33.2 Å². The molecule has 7 heteroatoms. The van der Waals surface area contributed by atoms with E-state index in [0.29, 0.717) is 3.57 Å². The van der Waals surface area contributed by atoms with Crippen LogP contribution in [0.5, 0.6) is 0 Å². The molecule has 0 spiro atoms. The van der Waals surface area contributed by atoms with E-state index in [4.69, 9.17) is 10.3 Å². The maximum Gasteiger partial charge on any atom is 0.194 e. The second-order valence-corrected chi connectivity index (χ2v) is 4.04. The minimum Gasteiger partial charge on any atom is -0.380 e. The van der Waals surface area contributed by atoms with Crippen LogP contribution in [0.1, 0.15) is 0 Å². The Kier molecular flexibility index (Phi) is 2.78. The van der Waals surface area contributed by atoms with Gasteiger partial charge in [-0.3, -0.25) is 0 Å². The Labute approximate surface area is 102 Å². The number of nitrogen functional groups attached to an aromatic ring is 1. The summed E-state index contributed by atoms with van der Waals surface area (Å²) in [5, 5.41) is 3.43. The van der Waals surface area contributed by atoms with Crippen molar-refractivity contribution in [3.63, 3.8) is 0 Å². The molecule has 2 N–H and O–H groups in total. The van der Waals surface area contributed by atoms with E-state index in [9.17, 15) is 13.2 Å². The minimum absolute atomic E-state index is 0.0463. The molecule has 0 unspecified atom stereocenters. The van der Waals surface area contributed by atoms with Gasteiger partial charge in [-0.1, -0.05) is 5.16 Å². The Bertz CT molecular complexity index is 533. The lowest BCUT2D eigenvalue weighted by molar-refractivity contribution is 0.429. The second-order valence-electron chi connectivity index (χ2n) is 2.96. The fraction of sp³-hybridized carbons (Fsp3) is 0. The standard InChI is InChI=1S/C9H4F3IN2O/c10-4-1-3(2-5(11)6(4)12)8-7(13)9(14)15-16-8/h1-2H,(H2,14,15). The van der Waals surface area contributed by atoms with Crippen molar-refractivity contribution in [2.24, 2.45) is 0 Å². The summed E-state index contributed by atoms with van der Waals surface area (Å²) >= 11 is 1.82. The highest BCUT2D eigenvalue weighted by Gasteiger charge is 2.17. The van der Waals surface area contributed by atoms with Crippen molar-refractivity contribution < 1.29 is 17.7 Å². The number of hydrogen-bond donors (Lipinski definition) is 1. The van der Waals surface area contributed by atoms with E-state index in [1.165, 1.54) is 0 Å². The van der Waals surface area contributed by atoms with Gasteiger partial charge in [0.1, 0.15) is 3.57 Å². The normalized spacial score (nSPS) is 10.8. The molecule has 1 aromatic carbocycles. The highest BCUT2D eigenvalue weighted by atomic mass is 127. The first-order valence-electron chi connectivity index (χ1n) is 4.06. The lowest BCUT2D eigenvalue weighted by Gasteiger charge is -1.99. The van der Waals surface area contributed by atoms with Gasteiger partial charge in [-0.25, -0.2) is 13.2 Å². The lowest BCUT2D eigenvalue weighted by atomic mass is 10.1. The van der Waals surface area contributed by atoms with E-state index in [-0.39, 0.29) is 17.1 Å². The van der Waals surface area contributed by atoms with Gasteiger partial charge in [0.25, 0.3) is 0 Å². The van der Waals surface area contributed by atoms with Crippen LogP contribution in [0.2, 0.25) is 0 Å². The zero-order valence-electron chi connectivity index (χ0n) is 7.60. The highest BCUT2D eigenvalue weighted by molar-refractivity contribution is 14.1. The number of hydrogen-bond acceptors (Lipinski definition) is 3. The zero-order chi connectivity index (χ0) is 11.9. The van der Waals surface area contributed by atoms with Crippen molar-refractivity contribution in [1.29, 1.82) is 0 Å².